The number of benzene rings is 1. The highest BCUT2D eigenvalue weighted by Crippen LogP contribution is 2.19. The van der Waals surface area contributed by atoms with E-state index < -0.39 is 30.4 Å². The van der Waals surface area contributed by atoms with Crippen LogP contribution in [0.1, 0.15) is 12.0 Å². The third-order valence-electron chi connectivity index (χ3n) is 3.89. The summed E-state index contributed by atoms with van der Waals surface area (Å²) in [5.41, 5.74) is 1.12. The molecule has 0 bridgehead atoms. The molecule has 1 heterocycles. The van der Waals surface area contributed by atoms with Crippen LogP contribution in [0.3, 0.4) is 0 Å². The number of rotatable bonds is 6. The molecule has 134 valence electrons. The third-order valence-corrected chi connectivity index (χ3v) is 3.89. The van der Waals surface area contributed by atoms with E-state index in [1.165, 1.54) is 7.05 Å². The summed E-state index contributed by atoms with van der Waals surface area (Å²) in [4.78, 5) is 48.0. The Morgan fingerprint density at radius 3 is 2.64 bits per heavy atom. The zero-order valence-corrected chi connectivity index (χ0v) is 14.0. The molecule has 1 aliphatic heterocycles. The fourth-order valence-corrected chi connectivity index (χ4v) is 2.53. The summed E-state index contributed by atoms with van der Waals surface area (Å²) in [6.07, 6.45) is 0.785. The van der Waals surface area contributed by atoms with Crippen LogP contribution in [0, 0.1) is 5.92 Å². The molecule has 25 heavy (non-hydrogen) atoms. The van der Waals surface area contributed by atoms with E-state index in [9.17, 15) is 19.2 Å². The van der Waals surface area contributed by atoms with Gasteiger partial charge in [-0.3, -0.25) is 19.7 Å². The maximum Gasteiger partial charge on any atom is 0.321 e. The van der Waals surface area contributed by atoms with Crippen molar-refractivity contribution >= 4 is 23.8 Å². The van der Waals surface area contributed by atoms with Gasteiger partial charge in [0.15, 0.2) is 6.61 Å². The zero-order valence-electron chi connectivity index (χ0n) is 14.0. The number of hydrogen-bond acceptors (Lipinski definition) is 5. The molecule has 0 radical (unpaired) electrons. The van der Waals surface area contributed by atoms with E-state index in [4.69, 9.17) is 4.74 Å². The fraction of sp³-hybridized carbons (Fsp3) is 0.412. The topological polar surface area (TPSA) is 105 Å². The summed E-state index contributed by atoms with van der Waals surface area (Å²) in [6.45, 7) is 0.256. The second kappa shape index (κ2) is 8.81. The monoisotopic (exact) mass is 347 g/mol. The quantitative estimate of drug-likeness (QED) is 0.709. The van der Waals surface area contributed by atoms with Crippen LogP contribution in [0.25, 0.3) is 0 Å². The van der Waals surface area contributed by atoms with E-state index in [0.29, 0.717) is 13.0 Å². The summed E-state index contributed by atoms with van der Waals surface area (Å²) in [6, 6.07) is 9.09. The Kier molecular flexibility index (Phi) is 6.50. The lowest BCUT2D eigenvalue weighted by Gasteiger charge is -2.16. The van der Waals surface area contributed by atoms with Crippen LogP contribution in [0.4, 0.5) is 4.79 Å². The third kappa shape index (κ3) is 5.59. The highest BCUT2D eigenvalue weighted by Gasteiger charge is 2.35. The fourth-order valence-electron chi connectivity index (χ4n) is 2.53. The van der Waals surface area contributed by atoms with Crippen LogP contribution in [-0.4, -0.2) is 55.5 Å². The second-order valence-corrected chi connectivity index (χ2v) is 5.71. The van der Waals surface area contributed by atoms with Crippen molar-refractivity contribution in [2.45, 2.75) is 12.8 Å². The molecule has 1 fully saturated rings. The summed E-state index contributed by atoms with van der Waals surface area (Å²) in [5.74, 6) is -2.02. The molecule has 0 spiro atoms. The number of ether oxygens (including phenoxy) is 1. The Labute approximate surface area is 145 Å². The maximum absolute atomic E-state index is 12.0. The SMILES string of the molecule is CNC(=O)NC(=O)COC(=O)[C@@H]1CC(=O)N(CCc2ccccc2)C1. The first-order valence-corrected chi connectivity index (χ1v) is 7.99. The van der Waals surface area contributed by atoms with Crippen LogP contribution in [-0.2, 0) is 25.5 Å². The number of nitrogens with one attached hydrogen (secondary N) is 2. The molecule has 0 saturated carbocycles. The summed E-state index contributed by atoms with van der Waals surface area (Å²) in [5, 5.41) is 4.20. The normalized spacial score (nSPS) is 16.4. The van der Waals surface area contributed by atoms with Gasteiger partial charge in [-0.15, -0.1) is 0 Å². The molecule has 1 aromatic carbocycles. The molecule has 0 aliphatic carbocycles. The van der Waals surface area contributed by atoms with Crippen molar-refractivity contribution in [3.63, 3.8) is 0 Å². The largest absolute Gasteiger partial charge is 0.455 e. The van der Waals surface area contributed by atoms with Gasteiger partial charge in [0, 0.05) is 26.6 Å². The maximum atomic E-state index is 12.0. The minimum atomic E-state index is -0.724. The lowest BCUT2D eigenvalue weighted by molar-refractivity contribution is -0.152. The van der Waals surface area contributed by atoms with Gasteiger partial charge in [0.1, 0.15) is 0 Å². The molecule has 2 N–H and O–H groups in total. The van der Waals surface area contributed by atoms with Gasteiger partial charge in [-0.2, -0.15) is 0 Å². The molecular weight excluding hydrogens is 326 g/mol. The number of urea groups is 1. The van der Waals surface area contributed by atoms with E-state index in [1.54, 1.807) is 4.90 Å². The molecule has 8 heteroatoms. The van der Waals surface area contributed by atoms with Gasteiger partial charge in [-0.05, 0) is 12.0 Å². The molecule has 8 nitrogen and oxygen atoms in total. The number of amides is 4. The van der Waals surface area contributed by atoms with E-state index in [0.717, 1.165) is 5.56 Å². The standard InChI is InChI=1S/C17H21N3O5/c1-18-17(24)19-14(21)11-25-16(23)13-9-15(22)20(10-13)8-7-12-5-3-2-4-6-12/h2-6,13H,7-11H2,1H3,(H2,18,19,21,24)/t13-/m1/s1. The van der Waals surface area contributed by atoms with Crippen LogP contribution in [0.2, 0.25) is 0 Å². The number of likely N-dealkylation sites (tertiary alicyclic amines) is 1. The van der Waals surface area contributed by atoms with Crippen molar-refractivity contribution in [2.24, 2.45) is 5.92 Å². The lowest BCUT2D eigenvalue weighted by atomic mass is 10.1. The Bertz CT molecular complexity index is 647. The van der Waals surface area contributed by atoms with Crippen molar-refractivity contribution in [3.05, 3.63) is 35.9 Å². The molecule has 1 aromatic rings. The Balaban J connectivity index is 1.76. The molecule has 1 saturated heterocycles. The average molecular weight is 347 g/mol. The van der Waals surface area contributed by atoms with Crippen LogP contribution in [0.5, 0.6) is 0 Å². The van der Waals surface area contributed by atoms with E-state index in [-0.39, 0.29) is 18.9 Å². The minimum Gasteiger partial charge on any atom is -0.455 e. The number of esters is 1. The van der Waals surface area contributed by atoms with Crippen molar-refractivity contribution in [1.82, 2.24) is 15.5 Å². The van der Waals surface area contributed by atoms with Gasteiger partial charge >= 0.3 is 12.0 Å². The molecular formula is C17H21N3O5. The number of imide groups is 1. The summed E-state index contributed by atoms with van der Waals surface area (Å²) < 4.78 is 4.88. The van der Waals surface area contributed by atoms with Crippen molar-refractivity contribution in [3.8, 4) is 0 Å². The molecule has 2 rings (SSSR count). The predicted octanol–water partition coefficient (Wildman–Crippen LogP) is 0.0764. The first-order chi connectivity index (χ1) is 12.0. The number of hydrogen-bond donors (Lipinski definition) is 2. The van der Waals surface area contributed by atoms with Crippen molar-refractivity contribution in [2.75, 3.05) is 26.7 Å². The van der Waals surface area contributed by atoms with E-state index in [2.05, 4.69) is 5.32 Å². The van der Waals surface area contributed by atoms with Crippen LogP contribution < -0.4 is 10.6 Å². The number of carbonyl (C=O) groups is 4. The Morgan fingerprint density at radius 2 is 1.96 bits per heavy atom. The minimum absolute atomic E-state index is 0.0741. The van der Waals surface area contributed by atoms with Gasteiger partial charge in [0.25, 0.3) is 5.91 Å². The molecule has 0 unspecified atom stereocenters. The highest BCUT2D eigenvalue weighted by atomic mass is 16.5. The van der Waals surface area contributed by atoms with E-state index in [1.807, 2.05) is 35.6 Å². The highest BCUT2D eigenvalue weighted by molar-refractivity contribution is 5.95. The molecule has 4 amide bonds. The smallest absolute Gasteiger partial charge is 0.321 e. The molecule has 1 aliphatic rings. The van der Waals surface area contributed by atoms with E-state index >= 15 is 0 Å². The van der Waals surface area contributed by atoms with Crippen molar-refractivity contribution in [1.29, 1.82) is 0 Å². The predicted molar refractivity (Wildman–Crippen MR) is 88.4 cm³/mol. The molecule has 1 atom stereocenters. The lowest BCUT2D eigenvalue weighted by Crippen LogP contribution is -2.40. The summed E-state index contributed by atoms with van der Waals surface area (Å²) in [7, 11) is 1.36. The zero-order chi connectivity index (χ0) is 18.2. The van der Waals surface area contributed by atoms with Gasteiger partial charge in [0.05, 0.1) is 5.92 Å². The number of nitrogens with zero attached hydrogens (tertiary/aromatic N) is 1. The van der Waals surface area contributed by atoms with Gasteiger partial charge < -0.3 is 15.0 Å². The van der Waals surface area contributed by atoms with Crippen LogP contribution >= 0.6 is 0 Å². The Hall–Kier alpha value is -2.90. The average Bonchev–Trinajstić information content (AvgIpc) is 2.99. The van der Waals surface area contributed by atoms with Gasteiger partial charge in [0.2, 0.25) is 5.91 Å². The van der Waals surface area contributed by atoms with Crippen LogP contribution in [0.15, 0.2) is 30.3 Å². The number of carbonyl (C=O) groups excluding carboxylic acids is 4. The first-order valence-electron chi connectivity index (χ1n) is 7.99. The second-order valence-electron chi connectivity index (χ2n) is 5.71. The Morgan fingerprint density at radius 1 is 1.24 bits per heavy atom. The van der Waals surface area contributed by atoms with Crippen molar-refractivity contribution < 1.29 is 23.9 Å². The van der Waals surface area contributed by atoms with Gasteiger partial charge in [-0.1, -0.05) is 30.3 Å². The first kappa shape index (κ1) is 18.4. The molecule has 0 aromatic heterocycles. The van der Waals surface area contributed by atoms with Gasteiger partial charge in [-0.25, -0.2) is 4.79 Å². The summed E-state index contributed by atoms with van der Waals surface area (Å²) >= 11 is 0.